The summed E-state index contributed by atoms with van der Waals surface area (Å²) in [5, 5.41) is 65.6. The van der Waals surface area contributed by atoms with Crippen LogP contribution in [0.3, 0.4) is 0 Å². The summed E-state index contributed by atoms with van der Waals surface area (Å²) in [6.45, 7) is 5.90. The summed E-state index contributed by atoms with van der Waals surface area (Å²) in [6.07, 6.45) is 27.1. The fraction of sp³-hybridized carbons (Fsp3) is 0.979. The number of unbranched alkanes of at least 4 members (excludes halogenated alkanes) is 26. The predicted molar refractivity (Wildman–Crippen MR) is 235 cm³/mol. The molecule has 0 aromatic heterocycles. The molecule has 9 atom stereocenters. The van der Waals surface area contributed by atoms with Gasteiger partial charge in [0, 0.05) is 0 Å². The Labute approximate surface area is 355 Å². The van der Waals surface area contributed by atoms with Gasteiger partial charge in [-0.3, -0.25) is 4.79 Å². The van der Waals surface area contributed by atoms with E-state index in [9.17, 15) is 35.4 Å². The van der Waals surface area contributed by atoms with Gasteiger partial charge in [-0.25, -0.2) is 0 Å². The Morgan fingerprint density at radius 1 is 0.621 bits per heavy atom. The van der Waals surface area contributed by atoms with Crippen LogP contribution in [0, 0.1) is 5.92 Å². The number of hydrogen-bond donors (Lipinski definition) is 8. The van der Waals surface area contributed by atoms with Crippen molar-refractivity contribution in [3.05, 3.63) is 0 Å². The van der Waals surface area contributed by atoms with Crippen molar-refractivity contribution in [2.24, 2.45) is 11.7 Å². The molecule has 1 rings (SSSR count). The van der Waals surface area contributed by atoms with E-state index in [1.807, 2.05) is 0 Å². The summed E-state index contributed by atoms with van der Waals surface area (Å²) in [4.78, 5) is 13.1. The fourth-order valence-electron chi connectivity index (χ4n) is 8.09. The van der Waals surface area contributed by atoms with E-state index in [1.165, 1.54) is 135 Å². The van der Waals surface area contributed by atoms with Crippen molar-refractivity contribution in [1.82, 2.24) is 5.32 Å². The smallest absolute Gasteiger partial charge is 0.249 e. The molecule has 58 heavy (non-hydrogen) atoms. The van der Waals surface area contributed by atoms with E-state index >= 15 is 0 Å². The van der Waals surface area contributed by atoms with Gasteiger partial charge in [-0.05, 0) is 18.8 Å². The maximum absolute atomic E-state index is 13.1. The van der Waals surface area contributed by atoms with E-state index in [1.54, 1.807) is 0 Å². The molecule has 0 unspecified atom stereocenters. The number of aliphatic hydroxyl groups excluding tert-OH is 6. The van der Waals surface area contributed by atoms with Gasteiger partial charge >= 0.3 is 0 Å². The largest absolute Gasteiger partial charge is 0.394 e. The molecule has 0 aromatic rings. The Balaban J connectivity index is 2.41. The first-order chi connectivity index (χ1) is 28.0. The first-order valence-electron chi connectivity index (χ1n) is 24.4. The SMILES string of the molecule is CCCCCCCCCCCCCCCCCCCC[C@@H](O)C(=O)N[C@H](CO[C@@H]1O[C@H](CO)[C@@H](O)[C@H](O)[C@H]1N)[C@H](O)[C@H](O)CCCCCCCCCCCCC(C)C. The highest BCUT2D eigenvalue weighted by molar-refractivity contribution is 5.80. The van der Waals surface area contributed by atoms with Gasteiger partial charge in [-0.15, -0.1) is 0 Å². The van der Waals surface area contributed by atoms with Crippen LogP contribution in [0.25, 0.3) is 0 Å². The van der Waals surface area contributed by atoms with E-state index in [0.717, 1.165) is 50.9 Å². The van der Waals surface area contributed by atoms with Gasteiger partial charge in [0.05, 0.1) is 31.4 Å². The lowest BCUT2D eigenvalue weighted by atomic mass is 9.97. The molecule has 0 bridgehead atoms. The van der Waals surface area contributed by atoms with E-state index in [4.69, 9.17) is 15.2 Å². The monoisotopic (exact) mass is 831 g/mol. The minimum Gasteiger partial charge on any atom is -0.394 e. The van der Waals surface area contributed by atoms with Gasteiger partial charge in [-0.1, -0.05) is 207 Å². The molecule has 1 aliphatic heterocycles. The normalized spacial score (nSPS) is 21.9. The molecule has 1 heterocycles. The molecule has 1 amide bonds. The quantitative estimate of drug-likeness (QED) is 0.0280. The number of nitrogens with one attached hydrogen (secondary N) is 1. The summed E-state index contributed by atoms with van der Waals surface area (Å²) < 4.78 is 11.3. The summed E-state index contributed by atoms with van der Waals surface area (Å²) in [5.74, 6) is 0.120. The first kappa shape index (κ1) is 55.1. The van der Waals surface area contributed by atoms with Crippen molar-refractivity contribution < 1.29 is 44.9 Å². The van der Waals surface area contributed by atoms with Crippen LogP contribution < -0.4 is 11.1 Å². The maximum Gasteiger partial charge on any atom is 0.249 e. The van der Waals surface area contributed by atoms with Gasteiger partial charge in [0.2, 0.25) is 5.91 Å². The Hall–Kier alpha value is -0.890. The molecule has 0 radical (unpaired) electrons. The minimum atomic E-state index is -1.43. The molecule has 9 N–H and O–H groups in total. The van der Waals surface area contributed by atoms with Crippen LogP contribution in [0.5, 0.6) is 0 Å². The van der Waals surface area contributed by atoms with Crippen LogP contribution in [0.2, 0.25) is 0 Å². The standard InChI is InChI=1S/C47H94N2O9/c1-4-5-6-7-8-9-10-11-12-13-14-15-16-17-22-25-28-31-34-40(52)46(56)49-38(36-57-47-42(48)45(55)44(54)41(35-50)58-47)43(53)39(51)33-30-27-24-21-19-18-20-23-26-29-32-37(2)3/h37-45,47,50-55H,4-36,48H2,1-3H3,(H,49,56)/t38-,39-,40-,41-,42-,43+,44-,45-,47-/m1/s1. The molecule has 1 fully saturated rings. The lowest BCUT2D eigenvalue weighted by Gasteiger charge is -2.41. The summed E-state index contributed by atoms with van der Waals surface area (Å²) >= 11 is 0. The number of carbonyl (C=O) groups is 1. The second-order valence-corrected chi connectivity index (χ2v) is 18.1. The Kier molecular flexibility index (Phi) is 34.9. The second kappa shape index (κ2) is 36.7. The van der Waals surface area contributed by atoms with Crippen LogP contribution in [-0.2, 0) is 14.3 Å². The van der Waals surface area contributed by atoms with Gasteiger partial charge in [-0.2, -0.15) is 0 Å². The number of nitrogens with two attached hydrogens (primary N) is 1. The van der Waals surface area contributed by atoms with Crippen molar-refractivity contribution in [3.63, 3.8) is 0 Å². The molecule has 0 aliphatic carbocycles. The molecule has 1 saturated heterocycles. The van der Waals surface area contributed by atoms with E-state index in [-0.39, 0.29) is 13.0 Å². The molecule has 11 nitrogen and oxygen atoms in total. The average molecular weight is 831 g/mol. The highest BCUT2D eigenvalue weighted by atomic mass is 16.7. The van der Waals surface area contributed by atoms with Crippen molar-refractivity contribution in [2.45, 2.75) is 275 Å². The molecular weight excluding hydrogens is 737 g/mol. The Morgan fingerprint density at radius 3 is 1.43 bits per heavy atom. The van der Waals surface area contributed by atoms with Crippen LogP contribution in [0.15, 0.2) is 0 Å². The third-order valence-electron chi connectivity index (χ3n) is 12.2. The third kappa shape index (κ3) is 27.1. The van der Waals surface area contributed by atoms with Crippen LogP contribution in [-0.4, -0.2) is 105 Å². The topological polar surface area (TPSA) is 195 Å². The van der Waals surface area contributed by atoms with Crippen molar-refractivity contribution in [3.8, 4) is 0 Å². The second-order valence-electron chi connectivity index (χ2n) is 18.1. The van der Waals surface area contributed by atoms with Crippen molar-refractivity contribution >= 4 is 5.91 Å². The fourth-order valence-corrected chi connectivity index (χ4v) is 8.09. The van der Waals surface area contributed by atoms with Gasteiger partial charge < -0.3 is 51.2 Å². The molecule has 0 spiro atoms. The molecular formula is C47H94N2O9. The molecule has 1 aliphatic rings. The molecule has 346 valence electrons. The molecule has 11 heteroatoms. The van der Waals surface area contributed by atoms with E-state index in [2.05, 4.69) is 26.1 Å². The van der Waals surface area contributed by atoms with Crippen LogP contribution in [0.4, 0.5) is 0 Å². The highest BCUT2D eigenvalue weighted by Crippen LogP contribution is 2.22. The number of rotatable bonds is 40. The van der Waals surface area contributed by atoms with Gasteiger partial charge in [0.25, 0.3) is 0 Å². The number of hydrogen-bond acceptors (Lipinski definition) is 10. The van der Waals surface area contributed by atoms with Gasteiger partial charge in [0.15, 0.2) is 6.29 Å². The Morgan fingerprint density at radius 2 is 1.02 bits per heavy atom. The predicted octanol–water partition coefficient (Wildman–Crippen LogP) is 8.11. The zero-order chi connectivity index (χ0) is 42.8. The number of amides is 1. The average Bonchev–Trinajstić information content (AvgIpc) is 3.21. The van der Waals surface area contributed by atoms with E-state index in [0.29, 0.717) is 12.8 Å². The van der Waals surface area contributed by atoms with Gasteiger partial charge in [0.1, 0.15) is 30.5 Å². The molecule has 0 aromatic carbocycles. The first-order valence-corrected chi connectivity index (χ1v) is 24.4. The zero-order valence-corrected chi connectivity index (χ0v) is 37.6. The van der Waals surface area contributed by atoms with E-state index < -0.39 is 67.5 Å². The molecule has 0 saturated carbocycles. The minimum absolute atomic E-state index is 0.286. The lowest BCUT2D eigenvalue weighted by Crippen LogP contribution is -2.63. The number of aliphatic hydroxyl groups is 6. The van der Waals surface area contributed by atoms with Crippen LogP contribution in [0.1, 0.15) is 220 Å². The number of carbonyl (C=O) groups excluding carboxylic acids is 1. The summed E-state index contributed by atoms with van der Waals surface area (Å²) in [7, 11) is 0. The summed E-state index contributed by atoms with van der Waals surface area (Å²) in [6, 6.07) is -2.26. The van der Waals surface area contributed by atoms with Crippen LogP contribution >= 0.6 is 0 Å². The van der Waals surface area contributed by atoms with Crippen molar-refractivity contribution in [1.29, 1.82) is 0 Å². The third-order valence-corrected chi connectivity index (χ3v) is 12.2. The maximum atomic E-state index is 13.1. The Bertz CT molecular complexity index is 929. The summed E-state index contributed by atoms with van der Waals surface area (Å²) in [5.41, 5.74) is 6.04. The number of ether oxygens (including phenoxy) is 2. The van der Waals surface area contributed by atoms with Crippen molar-refractivity contribution in [2.75, 3.05) is 13.2 Å². The highest BCUT2D eigenvalue weighted by Gasteiger charge is 2.43. The lowest BCUT2D eigenvalue weighted by molar-refractivity contribution is -0.268. The zero-order valence-electron chi connectivity index (χ0n) is 37.6.